The van der Waals surface area contributed by atoms with Gasteiger partial charge in [0.05, 0.1) is 5.56 Å². The fourth-order valence-corrected chi connectivity index (χ4v) is 3.35. The fraction of sp³-hybridized carbons (Fsp3) is 0.368. The molecule has 0 spiro atoms. The molecule has 0 unspecified atom stereocenters. The van der Waals surface area contributed by atoms with Gasteiger partial charge >= 0.3 is 0 Å². The number of ether oxygens (including phenoxy) is 1. The van der Waals surface area contributed by atoms with Crippen molar-refractivity contribution in [3.05, 3.63) is 58.1 Å². The van der Waals surface area contributed by atoms with Crippen LogP contribution in [0.2, 0.25) is 18.1 Å². The molecule has 25 heavy (non-hydrogen) atoms. The van der Waals surface area contributed by atoms with Gasteiger partial charge in [-0.1, -0.05) is 36.7 Å². The van der Waals surface area contributed by atoms with Crippen LogP contribution in [-0.4, -0.2) is 8.32 Å². The molecule has 0 N–H and O–H groups in total. The highest BCUT2D eigenvalue weighted by Gasteiger charge is 2.38. The zero-order valence-electron chi connectivity index (χ0n) is 15.1. The highest BCUT2D eigenvalue weighted by atomic mass is 79.9. The molecule has 0 saturated heterocycles. The Kier molecular flexibility index (Phi) is 5.94. The monoisotopic (exact) mass is 428 g/mol. The molecule has 0 aliphatic carbocycles. The Bertz CT molecular complexity index is 717. The summed E-state index contributed by atoms with van der Waals surface area (Å²) in [4.78, 5) is 0. The minimum Gasteiger partial charge on any atom is -0.543 e. The van der Waals surface area contributed by atoms with Gasteiger partial charge in [-0.15, -0.1) is 0 Å². The average Bonchev–Trinajstić information content (AvgIpc) is 2.46. The summed E-state index contributed by atoms with van der Waals surface area (Å²) in [5.41, 5.74) is -0.0928. The molecule has 0 bridgehead atoms. The molecule has 0 heterocycles. The third-order valence-corrected chi connectivity index (χ3v) is 9.31. The Morgan fingerprint density at radius 2 is 1.44 bits per heavy atom. The molecule has 0 fully saturated rings. The smallest absolute Gasteiger partial charge is 0.250 e. The van der Waals surface area contributed by atoms with Crippen LogP contribution in [0.5, 0.6) is 11.5 Å². The second-order valence-electron chi connectivity index (χ2n) is 7.47. The molecule has 0 saturated carbocycles. The van der Waals surface area contributed by atoms with Crippen molar-refractivity contribution >= 4 is 24.2 Å². The number of hydrogen-bond acceptors (Lipinski definition) is 2. The molecule has 0 radical (unpaired) electrons. The van der Waals surface area contributed by atoms with Crippen LogP contribution in [0, 0.1) is 11.6 Å². The maximum absolute atomic E-state index is 13.8. The summed E-state index contributed by atoms with van der Waals surface area (Å²) < 4.78 is 39.7. The topological polar surface area (TPSA) is 18.5 Å². The number of halogens is 3. The van der Waals surface area contributed by atoms with E-state index in [1.807, 2.05) is 12.1 Å². The van der Waals surface area contributed by atoms with Crippen molar-refractivity contribution in [3.8, 4) is 11.5 Å². The van der Waals surface area contributed by atoms with E-state index in [2.05, 4.69) is 49.8 Å². The van der Waals surface area contributed by atoms with E-state index in [1.54, 1.807) is 12.1 Å². The summed E-state index contributed by atoms with van der Waals surface area (Å²) in [7, 11) is -1.90. The van der Waals surface area contributed by atoms with Gasteiger partial charge in [0, 0.05) is 4.47 Å². The van der Waals surface area contributed by atoms with Crippen molar-refractivity contribution in [2.45, 2.75) is 45.5 Å². The molecule has 136 valence electrons. The largest absolute Gasteiger partial charge is 0.543 e. The third-order valence-electron chi connectivity index (χ3n) is 4.49. The third kappa shape index (κ3) is 5.04. The molecule has 0 aliphatic rings. The van der Waals surface area contributed by atoms with Gasteiger partial charge in [0.15, 0.2) is 0 Å². The van der Waals surface area contributed by atoms with Crippen molar-refractivity contribution in [1.29, 1.82) is 0 Å². The highest BCUT2D eigenvalue weighted by molar-refractivity contribution is 9.10. The fourth-order valence-electron chi connectivity index (χ4n) is 1.92. The minimum absolute atomic E-state index is 0.0928. The maximum Gasteiger partial charge on any atom is 0.250 e. The van der Waals surface area contributed by atoms with Crippen LogP contribution in [0.15, 0.2) is 40.9 Å². The van der Waals surface area contributed by atoms with E-state index in [0.717, 1.165) is 5.75 Å². The van der Waals surface area contributed by atoms with Crippen LogP contribution >= 0.6 is 15.9 Å². The predicted octanol–water partition coefficient (Wildman–Crippen LogP) is 6.69. The van der Waals surface area contributed by atoms with Crippen LogP contribution in [0.4, 0.5) is 8.78 Å². The summed E-state index contributed by atoms with van der Waals surface area (Å²) in [6.45, 7) is 10.7. The lowest BCUT2D eigenvalue weighted by Crippen LogP contribution is -2.43. The first-order valence-electron chi connectivity index (χ1n) is 8.05. The van der Waals surface area contributed by atoms with Gasteiger partial charge < -0.3 is 9.16 Å². The highest BCUT2D eigenvalue weighted by Crippen LogP contribution is 2.37. The van der Waals surface area contributed by atoms with Crippen LogP contribution in [0.25, 0.3) is 0 Å². The molecular formula is C19H23BrF2O2Si. The molecule has 2 aromatic carbocycles. The Morgan fingerprint density at radius 1 is 0.960 bits per heavy atom. The van der Waals surface area contributed by atoms with E-state index in [-0.39, 0.29) is 17.2 Å². The van der Waals surface area contributed by atoms with Gasteiger partial charge in [-0.25, -0.2) is 8.78 Å². The second-order valence-corrected chi connectivity index (χ2v) is 13.1. The van der Waals surface area contributed by atoms with Gasteiger partial charge in [-0.05, 0) is 54.5 Å². The molecule has 2 rings (SSSR count). The number of rotatable bonds is 5. The van der Waals surface area contributed by atoms with Gasteiger partial charge in [0.25, 0.3) is 0 Å². The molecule has 6 heteroatoms. The second kappa shape index (κ2) is 7.46. The van der Waals surface area contributed by atoms with E-state index in [9.17, 15) is 8.78 Å². The Morgan fingerprint density at radius 3 is 1.92 bits per heavy atom. The average molecular weight is 429 g/mol. The predicted molar refractivity (Wildman–Crippen MR) is 103 cm³/mol. The lowest BCUT2D eigenvalue weighted by Gasteiger charge is -2.36. The first kappa shape index (κ1) is 19.9. The van der Waals surface area contributed by atoms with Gasteiger partial charge in [-0.2, -0.15) is 0 Å². The molecule has 0 atom stereocenters. The summed E-state index contributed by atoms with van der Waals surface area (Å²) in [6, 6.07) is 9.58. The van der Waals surface area contributed by atoms with Crippen molar-refractivity contribution in [1.82, 2.24) is 0 Å². The standard InChI is InChI=1S/C19H23BrF2O2Si/c1-19(2,3)25(4,5)24-15-8-6-14(7-9-15)23-12-16-17(21)10-13(20)11-18(16)22/h6-11H,12H2,1-5H3. The Balaban J connectivity index is 2.04. The molecule has 0 aliphatic heterocycles. The van der Waals surface area contributed by atoms with Gasteiger partial charge in [0.2, 0.25) is 8.32 Å². The Hall–Kier alpha value is -1.40. The molecule has 0 amide bonds. The van der Waals surface area contributed by atoms with E-state index in [1.165, 1.54) is 12.1 Å². The summed E-state index contributed by atoms with van der Waals surface area (Å²) in [5.74, 6) is 0.0405. The normalized spacial score (nSPS) is 12.2. The lowest BCUT2D eigenvalue weighted by atomic mass is 10.2. The minimum atomic E-state index is -1.90. The van der Waals surface area contributed by atoms with Crippen LogP contribution in [0.1, 0.15) is 26.3 Å². The van der Waals surface area contributed by atoms with Crippen molar-refractivity contribution < 1.29 is 17.9 Å². The van der Waals surface area contributed by atoms with Gasteiger partial charge in [0.1, 0.15) is 29.7 Å². The zero-order chi connectivity index (χ0) is 18.8. The van der Waals surface area contributed by atoms with E-state index in [4.69, 9.17) is 9.16 Å². The maximum atomic E-state index is 13.8. The molecule has 2 nitrogen and oxygen atoms in total. The Labute approximate surface area is 157 Å². The quantitative estimate of drug-likeness (QED) is 0.493. The summed E-state index contributed by atoms with van der Waals surface area (Å²) in [6.07, 6.45) is 0. The first-order chi connectivity index (χ1) is 11.5. The number of benzene rings is 2. The van der Waals surface area contributed by atoms with E-state index in [0.29, 0.717) is 10.2 Å². The SMILES string of the molecule is CC(C)(C)[Si](C)(C)Oc1ccc(OCc2c(F)cc(Br)cc2F)cc1. The van der Waals surface area contributed by atoms with Crippen molar-refractivity contribution in [2.24, 2.45) is 0 Å². The molecule has 2 aromatic rings. The molecular weight excluding hydrogens is 406 g/mol. The van der Waals surface area contributed by atoms with Crippen molar-refractivity contribution in [3.63, 3.8) is 0 Å². The molecule has 0 aromatic heterocycles. The van der Waals surface area contributed by atoms with Crippen molar-refractivity contribution in [2.75, 3.05) is 0 Å². The lowest BCUT2D eigenvalue weighted by molar-refractivity contribution is 0.292. The number of hydrogen-bond donors (Lipinski definition) is 0. The van der Waals surface area contributed by atoms with Crippen LogP contribution in [0.3, 0.4) is 0 Å². The first-order valence-corrected chi connectivity index (χ1v) is 11.7. The summed E-state index contributed by atoms with van der Waals surface area (Å²) >= 11 is 3.06. The zero-order valence-corrected chi connectivity index (χ0v) is 17.7. The van der Waals surface area contributed by atoms with Crippen LogP contribution in [-0.2, 0) is 6.61 Å². The van der Waals surface area contributed by atoms with E-state index >= 15 is 0 Å². The van der Waals surface area contributed by atoms with E-state index < -0.39 is 20.0 Å². The summed E-state index contributed by atoms with van der Waals surface area (Å²) in [5, 5.41) is 0.110. The van der Waals surface area contributed by atoms with Gasteiger partial charge in [-0.3, -0.25) is 0 Å². The van der Waals surface area contributed by atoms with Crippen LogP contribution < -0.4 is 9.16 Å².